The van der Waals surface area contributed by atoms with E-state index in [1.807, 2.05) is 0 Å². The van der Waals surface area contributed by atoms with Crippen molar-refractivity contribution in [2.75, 3.05) is 0 Å². The summed E-state index contributed by atoms with van der Waals surface area (Å²) in [6.45, 7) is 8.38. The normalized spacial score (nSPS) is 17.0. The molecular weight excluding hydrogens is 417 g/mol. The summed E-state index contributed by atoms with van der Waals surface area (Å²) in [7, 11) is -0.392. The molecule has 34 heavy (non-hydrogen) atoms. The fraction of sp³-hybridized carbons (Fsp3) is 0.200. The van der Waals surface area contributed by atoms with E-state index in [0.29, 0.717) is 0 Å². The summed E-state index contributed by atoms with van der Waals surface area (Å²) < 4.78 is 15.1. The zero-order chi connectivity index (χ0) is 23.5. The number of aromatic nitrogens is 1. The van der Waals surface area contributed by atoms with E-state index < -0.39 is 7.12 Å². The van der Waals surface area contributed by atoms with Crippen molar-refractivity contribution in [2.24, 2.45) is 0 Å². The summed E-state index contributed by atoms with van der Waals surface area (Å²) in [6.07, 6.45) is 0. The fourth-order valence-electron chi connectivity index (χ4n) is 4.83. The molecule has 1 aliphatic rings. The van der Waals surface area contributed by atoms with Crippen LogP contribution in [0.2, 0.25) is 0 Å². The summed E-state index contributed by atoms with van der Waals surface area (Å²) in [5, 5.41) is 2.46. The number of hydrogen-bond donors (Lipinski definition) is 0. The van der Waals surface area contributed by atoms with E-state index >= 15 is 0 Å². The standard InChI is InChI=1S/C30H28BNO2/c1-29(2)30(3,4)34-31(33-29)23-16-17-25-26-19-22(21-11-7-5-8-12-21)15-18-27(26)32(28(25)20-23)24-13-9-6-10-14-24/h5-20H,1-4H3. The molecule has 2 heterocycles. The largest absolute Gasteiger partial charge is 0.494 e. The van der Waals surface area contributed by atoms with Gasteiger partial charge in [0.25, 0.3) is 0 Å². The number of rotatable bonds is 3. The quantitative estimate of drug-likeness (QED) is 0.287. The molecule has 1 saturated heterocycles. The van der Waals surface area contributed by atoms with Crippen LogP contribution in [0.5, 0.6) is 0 Å². The molecule has 1 aromatic heterocycles. The topological polar surface area (TPSA) is 23.4 Å². The monoisotopic (exact) mass is 445 g/mol. The first kappa shape index (κ1) is 21.2. The summed E-state index contributed by atoms with van der Waals surface area (Å²) in [5.74, 6) is 0. The second-order valence-electron chi connectivity index (χ2n) is 10.1. The molecule has 5 aromatic rings. The van der Waals surface area contributed by atoms with E-state index in [4.69, 9.17) is 9.31 Å². The first-order valence-electron chi connectivity index (χ1n) is 11.9. The molecule has 1 fully saturated rings. The van der Waals surface area contributed by atoms with Crippen LogP contribution in [-0.2, 0) is 9.31 Å². The molecule has 168 valence electrons. The molecule has 4 heteroatoms. The van der Waals surface area contributed by atoms with Crippen LogP contribution in [-0.4, -0.2) is 22.9 Å². The molecule has 0 aliphatic carbocycles. The highest BCUT2D eigenvalue weighted by Gasteiger charge is 2.51. The SMILES string of the molecule is CC1(C)OB(c2ccc3c4cc(-c5ccccc5)ccc4n(-c4ccccc4)c3c2)OC1(C)C. The molecule has 0 spiro atoms. The highest BCUT2D eigenvalue weighted by atomic mass is 16.7. The van der Waals surface area contributed by atoms with Gasteiger partial charge in [0, 0.05) is 16.5 Å². The first-order chi connectivity index (χ1) is 16.3. The number of nitrogens with zero attached hydrogens (tertiary/aromatic N) is 1. The smallest absolute Gasteiger partial charge is 0.399 e. The Kier molecular flexibility index (Phi) is 4.74. The van der Waals surface area contributed by atoms with Gasteiger partial charge in [-0.05, 0) is 74.6 Å². The van der Waals surface area contributed by atoms with E-state index in [1.54, 1.807) is 0 Å². The summed E-state index contributed by atoms with van der Waals surface area (Å²) in [5.41, 5.74) is 6.21. The predicted molar refractivity (Wildman–Crippen MR) is 142 cm³/mol. The molecule has 0 N–H and O–H groups in total. The first-order valence-corrected chi connectivity index (χ1v) is 11.9. The molecule has 0 unspecified atom stereocenters. The Labute approximate surface area is 201 Å². The maximum absolute atomic E-state index is 6.36. The third-order valence-electron chi connectivity index (χ3n) is 7.44. The predicted octanol–water partition coefficient (Wildman–Crippen LogP) is 6.75. The number of para-hydroxylation sites is 1. The molecular formula is C30H28BNO2. The lowest BCUT2D eigenvalue weighted by molar-refractivity contribution is 0.00578. The van der Waals surface area contributed by atoms with Gasteiger partial charge in [-0.3, -0.25) is 0 Å². The lowest BCUT2D eigenvalue weighted by Crippen LogP contribution is -2.41. The van der Waals surface area contributed by atoms with Crippen LogP contribution in [0, 0.1) is 0 Å². The van der Waals surface area contributed by atoms with Gasteiger partial charge < -0.3 is 13.9 Å². The second kappa shape index (κ2) is 7.59. The fourth-order valence-corrected chi connectivity index (χ4v) is 4.83. The maximum atomic E-state index is 6.36. The van der Waals surface area contributed by atoms with Crippen LogP contribution in [0.4, 0.5) is 0 Å². The van der Waals surface area contributed by atoms with Crippen molar-refractivity contribution < 1.29 is 9.31 Å². The van der Waals surface area contributed by atoms with E-state index in [-0.39, 0.29) is 11.2 Å². The number of hydrogen-bond acceptors (Lipinski definition) is 2. The van der Waals surface area contributed by atoms with Gasteiger partial charge in [0.1, 0.15) is 0 Å². The van der Waals surface area contributed by atoms with Crippen molar-refractivity contribution in [1.82, 2.24) is 4.57 Å². The minimum atomic E-state index is -0.392. The Balaban J connectivity index is 1.58. The average Bonchev–Trinajstić information content (AvgIpc) is 3.28. The average molecular weight is 445 g/mol. The number of fused-ring (bicyclic) bond motifs is 3. The molecule has 0 atom stereocenters. The minimum absolute atomic E-state index is 0.372. The van der Waals surface area contributed by atoms with Crippen LogP contribution in [0.25, 0.3) is 38.6 Å². The highest BCUT2D eigenvalue weighted by molar-refractivity contribution is 6.62. The Hall–Kier alpha value is -3.34. The van der Waals surface area contributed by atoms with Gasteiger partial charge in [-0.15, -0.1) is 0 Å². The van der Waals surface area contributed by atoms with Gasteiger partial charge in [0.2, 0.25) is 0 Å². The molecule has 0 bridgehead atoms. The third-order valence-corrected chi connectivity index (χ3v) is 7.44. The minimum Gasteiger partial charge on any atom is -0.399 e. The van der Waals surface area contributed by atoms with E-state index in [9.17, 15) is 0 Å². The Morgan fingerprint density at radius 1 is 0.588 bits per heavy atom. The van der Waals surface area contributed by atoms with Crippen molar-refractivity contribution in [3.05, 3.63) is 97.1 Å². The zero-order valence-corrected chi connectivity index (χ0v) is 20.1. The van der Waals surface area contributed by atoms with Crippen molar-refractivity contribution in [3.8, 4) is 16.8 Å². The van der Waals surface area contributed by atoms with Gasteiger partial charge in [-0.25, -0.2) is 0 Å². The third kappa shape index (κ3) is 3.29. The van der Waals surface area contributed by atoms with Gasteiger partial charge >= 0.3 is 7.12 Å². The van der Waals surface area contributed by atoms with Crippen LogP contribution in [0.1, 0.15) is 27.7 Å². The maximum Gasteiger partial charge on any atom is 0.494 e. The second-order valence-corrected chi connectivity index (χ2v) is 10.1. The zero-order valence-electron chi connectivity index (χ0n) is 20.1. The van der Waals surface area contributed by atoms with E-state index in [1.165, 1.54) is 27.4 Å². The van der Waals surface area contributed by atoms with Crippen molar-refractivity contribution in [1.29, 1.82) is 0 Å². The molecule has 3 nitrogen and oxygen atoms in total. The van der Waals surface area contributed by atoms with Crippen LogP contribution < -0.4 is 5.46 Å². The summed E-state index contributed by atoms with van der Waals surface area (Å²) in [6, 6.07) is 34.4. The Bertz CT molecular complexity index is 1490. The van der Waals surface area contributed by atoms with Crippen molar-refractivity contribution >= 4 is 34.4 Å². The Morgan fingerprint density at radius 3 is 1.91 bits per heavy atom. The molecule has 1 aliphatic heterocycles. The molecule has 0 amide bonds. The summed E-state index contributed by atoms with van der Waals surface area (Å²) in [4.78, 5) is 0. The molecule has 6 rings (SSSR count). The molecule has 0 saturated carbocycles. The number of benzene rings is 4. The lowest BCUT2D eigenvalue weighted by atomic mass is 9.79. The lowest BCUT2D eigenvalue weighted by Gasteiger charge is -2.32. The van der Waals surface area contributed by atoms with Crippen LogP contribution >= 0.6 is 0 Å². The van der Waals surface area contributed by atoms with Gasteiger partial charge in [0.05, 0.1) is 22.2 Å². The van der Waals surface area contributed by atoms with E-state index in [2.05, 4.69) is 129 Å². The van der Waals surface area contributed by atoms with Crippen molar-refractivity contribution in [3.63, 3.8) is 0 Å². The van der Waals surface area contributed by atoms with E-state index in [0.717, 1.165) is 16.7 Å². The summed E-state index contributed by atoms with van der Waals surface area (Å²) >= 11 is 0. The Morgan fingerprint density at radius 2 is 1.24 bits per heavy atom. The van der Waals surface area contributed by atoms with Crippen molar-refractivity contribution in [2.45, 2.75) is 38.9 Å². The molecule has 0 radical (unpaired) electrons. The van der Waals surface area contributed by atoms with Crippen LogP contribution in [0.3, 0.4) is 0 Å². The van der Waals surface area contributed by atoms with Gasteiger partial charge in [-0.2, -0.15) is 0 Å². The molecule has 4 aromatic carbocycles. The van der Waals surface area contributed by atoms with Gasteiger partial charge in [0.15, 0.2) is 0 Å². The van der Waals surface area contributed by atoms with Gasteiger partial charge in [-0.1, -0.05) is 66.7 Å². The van der Waals surface area contributed by atoms with Crippen LogP contribution in [0.15, 0.2) is 97.1 Å². The highest BCUT2D eigenvalue weighted by Crippen LogP contribution is 2.38.